The standard InChI is InChI=1S/C41H47ClF3N3O5/c1-24(22-51-32-9-14-46-31-8-3-5-25(2)37(31)32)15-27-16-26-17-33-34(53-36-21-48(20-35(36)52-33)23-41(43,44)45)19-30(26)39(27)10-12-40(13-11-39,38(49)50)47-29-7-4-6-28(42)18-29/h4,6-7,9,14,17-19,24-25,27,35-36,47H,3,5,8,10-13,15-16,20-23H2,1-2H3,(H,49,50)/t24-,25-,27+,35+,36-,39?,40?/m1/s1. The van der Waals surface area contributed by atoms with Crippen LogP contribution in [0.2, 0.25) is 5.02 Å². The predicted molar refractivity (Wildman–Crippen MR) is 195 cm³/mol. The minimum Gasteiger partial charge on any atom is -0.493 e. The van der Waals surface area contributed by atoms with E-state index < -0.39 is 36.4 Å². The molecule has 0 bridgehead atoms. The zero-order chi connectivity index (χ0) is 37.1. The fraction of sp³-hybridized carbons (Fsp3) is 0.561. The van der Waals surface area contributed by atoms with Crippen LogP contribution in [0, 0.1) is 11.8 Å². The summed E-state index contributed by atoms with van der Waals surface area (Å²) in [6.07, 6.45) is 3.57. The number of alkyl halides is 3. The van der Waals surface area contributed by atoms with Crippen molar-refractivity contribution in [2.24, 2.45) is 11.8 Å². The van der Waals surface area contributed by atoms with Gasteiger partial charge in [-0.25, -0.2) is 4.79 Å². The van der Waals surface area contributed by atoms with E-state index in [0.717, 1.165) is 54.7 Å². The van der Waals surface area contributed by atoms with Gasteiger partial charge in [0.15, 0.2) is 11.5 Å². The Balaban J connectivity index is 1.06. The Morgan fingerprint density at radius 1 is 1.11 bits per heavy atom. The van der Waals surface area contributed by atoms with Crippen LogP contribution in [0.15, 0.2) is 48.7 Å². The molecule has 3 aliphatic carbocycles. The molecule has 5 atom stereocenters. The molecule has 8 rings (SSSR count). The van der Waals surface area contributed by atoms with E-state index in [4.69, 9.17) is 25.8 Å². The average Bonchev–Trinajstić information content (AvgIpc) is 3.61. The lowest BCUT2D eigenvalue weighted by atomic mass is 9.59. The smallest absolute Gasteiger partial charge is 0.401 e. The van der Waals surface area contributed by atoms with Crippen LogP contribution in [0.3, 0.4) is 0 Å². The van der Waals surface area contributed by atoms with E-state index in [1.807, 2.05) is 30.5 Å². The zero-order valence-corrected chi connectivity index (χ0v) is 30.9. The summed E-state index contributed by atoms with van der Waals surface area (Å²) in [4.78, 5) is 19.0. The molecule has 3 heterocycles. The molecule has 5 aliphatic rings. The Bertz CT molecular complexity index is 1860. The van der Waals surface area contributed by atoms with Crippen molar-refractivity contribution in [2.75, 3.05) is 31.6 Å². The molecule has 1 saturated carbocycles. The number of carbonyl (C=O) groups is 1. The summed E-state index contributed by atoms with van der Waals surface area (Å²) >= 11 is 6.27. The number of aromatic nitrogens is 1. The summed E-state index contributed by atoms with van der Waals surface area (Å²) in [6.45, 7) is 4.33. The maximum absolute atomic E-state index is 13.2. The molecule has 1 spiro atoms. The molecule has 2 aliphatic heterocycles. The van der Waals surface area contributed by atoms with Crippen LogP contribution >= 0.6 is 11.6 Å². The predicted octanol–water partition coefficient (Wildman–Crippen LogP) is 8.59. The van der Waals surface area contributed by atoms with Gasteiger partial charge in [-0.2, -0.15) is 13.2 Å². The molecule has 0 unspecified atom stereocenters. The quantitative estimate of drug-likeness (QED) is 0.225. The fourth-order valence-corrected chi connectivity index (χ4v) is 10.2. The van der Waals surface area contributed by atoms with Gasteiger partial charge in [0.1, 0.15) is 23.5 Å². The Kier molecular flexibility index (Phi) is 9.49. The summed E-state index contributed by atoms with van der Waals surface area (Å²) in [6, 6.07) is 13.2. The van der Waals surface area contributed by atoms with Crippen molar-refractivity contribution in [3.63, 3.8) is 0 Å². The molecule has 2 N–H and O–H groups in total. The van der Waals surface area contributed by atoms with Crippen molar-refractivity contribution in [2.45, 2.75) is 107 Å². The first kappa shape index (κ1) is 36.3. The minimum atomic E-state index is -4.30. The number of hydrogen-bond donors (Lipinski definition) is 2. The van der Waals surface area contributed by atoms with Crippen LogP contribution < -0.4 is 19.5 Å². The monoisotopic (exact) mass is 753 g/mol. The maximum atomic E-state index is 13.2. The van der Waals surface area contributed by atoms with Crippen molar-refractivity contribution >= 4 is 23.3 Å². The SMILES string of the molecule is C[C@@H](COc1ccnc2c1[C@H](C)CCC2)C[C@H]1Cc2cc3c(cc2C12CCC(Nc1cccc(Cl)c1)(C(=O)O)CC2)O[C@@H]1CN(CC(F)(F)F)C[C@@H]1O3. The minimum absolute atomic E-state index is 0.141. The van der Waals surface area contributed by atoms with Gasteiger partial charge in [0.05, 0.1) is 13.2 Å². The summed E-state index contributed by atoms with van der Waals surface area (Å²) in [5, 5.41) is 14.5. The average molecular weight is 754 g/mol. The molecular formula is C41H47ClF3N3O5. The molecule has 8 nitrogen and oxygen atoms in total. The molecule has 284 valence electrons. The molecule has 0 amide bonds. The number of carboxylic acids is 1. The van der Waals surface area contributed by atoms with Crippen LogP contribution in [-0.4, -0.2) is 71.1 Å². The van der Waals surface area contributed by atoms with E-state index in [-0.39, 0.29) is 30.3 Å². The number of anilines is 1. The zero-order valence-electron chi connectivity index (χ0n) is 30.2. The van der Waals surface area contributed by atoms with Gasteiger partial charge in [0, 0.05) is 41.3 Å². The van der Waals surface area contributed by atoms with E-state index >= 15 is 0 Å². The van der Waals surface area contributed by atoms with Crippen LogP contribution in [0.25, 0.3) is 0 Å². The molecule has 12 heteroatoms. The Morgan fingerprint density at radius 2 is 1.85 bits per heavy atom. The van der Waals surface area contributed by atoms with Crippen molar-refractivity contribution in [3.8, 4) is 17.2 Å². The van der Waals surface area contributed by atoms with Gasteiger partial charge >= 0.3 is 12.1 Å². The number of nitrogens with zero attached hydrogens (tertiary/aromatic N) is 2. The molecule has 53 heavy (non-hydrogen) atoms. The second-order valence-corrected chi connectivity index (χ2v) is 16.7. The fourth-order valence-electron chi connectivity index (χ4n) is 10.1. The largest absolute Gasteiger partial charge is 0.493 e. The Morgan fingerprint density at radius 3 is 2.55 bits per heavy atom. The summed E-state index contributed by atoms with van der Waals surface area (Å²) in [5.74, 6) is 1.99. The van der Waals surface area contributed by atoms with E-state index in [1.165, 1.54) is 10.5 Å². The number of pyridine rings is 1. The highest BCUT2D eigenvalue weighted by Crippen LogP contribution is 2.58. The van der Waals surface area contributed by atoms with Gasteiger partial charge in [-0.15, -0.1) is 0 Å². The first-order valence-electron chi connectivity index (χ1n) is 19.0. The van der Waals surface area contributed by atoms with Gasteiger partial charge in [0.2, 0.25) is 0 Å². The molecule has 2 fully saturated rings. The van der Waals surface area contributed by atoms with Crippen molar-refractivity contribution in [1.82, 2.24) is 9.88 Å². The number of fused-ring (bicyclic) bond motifs is 5. The lowest BCUT2D eigenvalue weighted by molar-refractivity contribution is -0.145. The first-order chi connectivity index (χ1) is 25.3. The second-order valence-electron chi connectivity index (χ2n) is 16.3. The van der Waals surface area contributed by atoms with Gasteiger partial charge in [-0.3, -0.25) is 9.88 Å². The third-order valence-electron chi connectivity index (χ3n) is 12.6. The van der Waals surface area contributed by atoms with Crippen LogP contribution in [0.4, 0.5) is 18.9 Å². The first-order valence-corrected chi connectivity index (χ1v) is 19.4. The number of aliphatic carboxylic acids is 1. The molecule has 2 aromatic carbocycles. The van der Waals surface area contributed by atoms with E-state index in [1.54, 1.807) is 12.1 Å². The number of likely N-dealkylation sites (tertiary alicyclic amines) is 1. The second kappa shape index (κ2) is 13.9. The molecule has 3 aromatic rings. The van der Waals surface area contributed by atoms with Gasteiger partial charge in [-0.05, 0) is 128 Å². The topological polar surface area (TPSA) is 93.2 Å². The molecular weight excluding hydrogens is 707 g/mol. The molecule has 1 aromatic heterocycles. The third kappa shape index (κ3) is 7.04. The summed E-state index contributed by atoms with van der Waals surface area (Å²) in [7, 11) is 0. The highest BCUT2D eigenvalue weighted by molar-refractivity contribution is 6.30. The van der Waals surface area contributed by atoms with E-state index in [2.05, 4.69) is 30.2 Å². The Labute approximate surface area is 313 Å². The highest BCUT2D eigenvalue weighted by Gasteiger charge is 2.55. The maximum Gasteiger partial charge on any atom is 0.401 e. The number of hydrogen-bond acceptors (Lipinski definition) is 7. The highest BCUT2D eigenvalue weighted by atomic mass is 35.5. The van der Waals surface area contributed by atoms with E-state index in [9.17, 15) is 23.1 Å². The van der Waals surface area contributed by atoms with Crippen LogP contribution in [0.5, 0.6) is 17.2 Å². The number of carboxylic acid groups (broad SMARTS) is 1. The molecule has 0 radical (unpaired) electrons. The number of halogens is 4. The summed E-state index contributed by atoms with van der Waals surface area (Å²) < 4.78 is 59.0. The van der Waals surface area contributed by atoms with Crippen molar-refractivity contribution in [3.05, 3.63) is 76.1 Å². The number of nitrogens with one attached hydrogen (secondary N) is 1. The van der Waals surface area contributed by atoms with Gasteiger partial charge in [-0.1, -0.05) is 31.5 Å². The third-order valence-corrected chi connectivity index (χ3v) is 12.8. The Hall–Kier alpha value is -3.70. The van der Waals surface area contributed by atoms with Crippen molar-refractivity contribution in [1.29, 1.82) is 0 Å². The van der Waals surface area contributed by atoms with E-state index in [0.29, 0.717) is 60.4 Å². The number of benzene rings is 2. The van der Waals surface area contributed by atoms with Crippen LogP contribution in [-0.2, 0) is 23.1 Å². The number of rotatable bonds is 9. The van der Waals surface area contributed by atoms with Gasteiger partial charge in [0.25, 0.3) is 0 Å². The lowest BCUT2D eigenvalue weighted by Crippen LogP contribution is -2.53. The molecule has 1 saturated heterocycles. The normalized spacial score (nSPS) is 29.6. The number of ether oxygens (including phenoxy) is 3. The lowest BCUT2D eigenvalue weighted by Gasteiger charge is -2.47. The van der Waals surface area contributed by atoms with Crippen molar-refractivity contribution < 1.29 is 37.3 Å². The number of aryl methyl sites for hydroxylation is 1. The van der Waals surface area contributed by atoms with Crippen LogP contribution in [0.1, 0.15) is 87.1 Å². The summed E-state index contributed by atoms with van der Waals surface area (Å²) in [5.41, 5.74) is 3.83. The van der Waals surface area contributed by atoms with Gasteiger partial charge < -0.3 is 24.6 Å².